The Kier molecular flexibility index (Phi) is 8.35. The molecule has 9 heteroatoms. The average Bonchev–Trinajstić information content (AvgIpc) is 3.22. The number of hydrogen-bond acceptors (Lipinski definition) is 6. The number of carbonyl (C=O) groups excluding carboxylic acids is 2. The molecule has 0 saturated carbocycles. The highest BCUT2D eigenvalue weighted by atomic mass is 35.5. The highest BCUT2D eigenvalue weighted by Crippen LogP contribution is 2.27. The summed E-state index contributed by atoms with van der Waals surface area (Å²) in [5, 5.41) is 6.06. The zero-order valence-corrected chi connectivity index (χ0v) is 17.2. The van der Waals surface area contributed by atoms with E-state index in [1.165, 1.54) is 7.11 Å². The topological polar surface area (TPSA) is 83.1 Å². The summed E-state index contributed by atoms with van der Waals surface area (Å²) in [5.41, 5.74) is 0.431. The van der Waals surface area contributed by atoms with Crippen LogP contribution in [0.25, 0.3) is 0 Å². The van der Waals surface area contributed by atoms with Gasteiger partial charge in [-0.1, -0.05) is 0 Å². The van der Waals surface area contributed by atoms with Crippen LogP contribution in [0.5, 0.6) is 11.5 Å². The Labute approximate surface area is 171 Å². The number of likely N-dealkylation sites (tertiary alicyclic amines) is 1. The van der Waals surface area contributed by atoms with Crippen molar-refractivity contribution < 1.29 is 19.1 Å². The predicted molar refractivity (Wildman–Crippen MR) is 109 cm³/mol. The number of ether oxygens (including phenoxy) is 2. The van der Waals surface area contributed by atoms with Gasteiger partial charge in [-0.25, -0.2) is 0 Å². The van der Waals surface area contributed by atoms with Crippen molar-refractivity contribution in [3.05, 3.63) is 23.8 Å². The van der Waals surface area contributed by atoms with Gasteiger partial charge in [0.1, 0.15) is 0 Å². The molecule has 8 nitrogen and oxygen atoms in total. The third-order valence-electron chi connectivity index (χ3n) is 5.23. The van der Waals surface area contributed by atoms with Crippen molar-refractivity contribution in [3.8, 4) is 11.5 Å². The van der Waals surface area contributed by atoms with Crippen molar-refractivity contribution in [3.63, 3.8) is 0 Å². The van der Waals surface area contributed by atoms with Gasteiger partial charge in [-0.2, -0.15) is 0 Å². The van der Waals surface area contributed by atoms with E-state index in [0.29, 0.717) is 23.1 Å². The maximum absolute atomic E-state index is 12.5. The normalized spacial score (nSPS) is 19.6. The Hall–Kier alpha value is -2.03. The Morgan fingerprint density at radius 3 is 2.54 bits per heavy atom. The van der Waals surface area contributed by atoms with Crippen molar-refractivity contribution in [1.29, 1.82) is 0 Å². The Balaban J connectivity index is 0.00000280. The molecule has 0 bridgehead atoms. The molecule has 1 unspecified atom stereocenters. The molecule has 156 valence electrons. The van der Waals surface area contributed by atoms with Gasteiger partial charge in [-0.3, -0.25) is 14.5 Å². The van der Waals surface area contributed by atoms with E-state index in [1.54, 1.807) is 25.3 Å². The fourth-order valence-electron chi connectivity index (χ4n) is 3.66. The second-order valence-corrected chi connectivity index (χ2v) is 6.82. The van der Waals surface area contributed by atoms with Crippen LogP contribution in [0, 0.1) is 0 Å². The summed E-state index contributed by atoms with van der Waals surface area (Å²) in [6, 6.07) is 5.36. The van der Waals surface area contributed by atoms with Crippen LogP contribution in [0.3, 0.4) is 0 Å². The molecule has 2 heterocycles. The van der Waals surface area contributed by atoms with Crippen LogP contribution in [0.4, 0.5) is 0 Å². The van der Waals surface area contributed by atoms with E-state index < -0.39 is 0 Å². The number of carbonyl (C=O) groups is 2. The van der Waals surface area contributed by atoms with Crippen molar-refractivity contribution in [2.75, 3.05) is 60.0 Å². The quantitative estimate of drug-likeness (QED) is 0.702. The Bertz CT molecular complexity index is 682. The first-order chi connectivity index (χ1) is 13.1. The molecule has 2 fully saturated rings. The van der Waals surface area contributed by atoms with Crippen LogP contribution < -0.4 is 20.1 Å². The minimum Gasteiger partial charge on any atom is -0.493 e. The van der Waals surface area contributed by atoms with Crippen LogP contribution >= 0.6 is 12.4 Å². The summed E-state index contributed by atoms with van der Waals surface area (Å²) >= 11 is 0. The highest BCUT2D eigenvalue weighted by Gasteiger charge is 2.30. The number of amides is 2. The smallest absolute Gasteiger partial charge is 0.251 e. The van der Waals surface area contributed by atoms with E-state index in [2.05, 4.69) is 15.5 Å². The van der Waals surface area contributed by atoms with Crippen LogP contribution in [0.2, 0.25) is 0 Å². The molecule has 2 saturated heterocycles. The molecular weight excluding hydrogens is 384 g/mol. The lowest BCUT2D eigenvalue weighted by molar-refractivity contribution is -0.129. The van der Waals surface area contributed by atoms with Gasteiger partial charge in [0.15, 0.2) is 11.5 Å². The van der Waals surface area contributed by atoms with Crippen molar-refractivity contribution in [2.45, 2.75) is 12.5 Å². The number of rotatable bonds is 6. The molecule has 0 spiro atoms. The summed E-state index contributed by atoms with van der Waals surface area (Å²) in [5.74, 6) is 0.694. The zero-order valence-electron chi connectivity index (χ0n) is 16.4. The monoisotopic (exact) mass is 412 g/mol. The molecule has 1 atom stereocenters. The van der Waals surface area contributed by atoms with E-state index in [1.807, 2.05) is 4.90 Å². The van der Waals surface area contributed by atoms with Crippen molar-refractivity contribution in [2.24, 2.45) is 0 Å². The summed E-state index contributed by atoms with van der Waals surface area (Å²) in [4.78, 5) is 29.1. The maximum atomic E-state index is 12.5. The number of piperazine rings is 1. The van der Waals surface area contributed by atoms with Gasteiger partial charge in [-0.05, 0) is 24.6 Å². The molecule has 2 aliphatic rings. The average molecular weight is 413 g/mol. The first-order valence-corrected chi connectivity index (χ1v) is 9.35. The molecule has 2 N–H and O–H groups in total. The molecule has 0 aliphatic carbocycles. The van der Waals surface area contributed by atoms with E-state index in [-0.39, 0.29) is 30.8 Å². The van der Waals surface area contributed by atoms with Crippen LogP contribution in [0.15, 0.2) is 18.2 Å². The van der Waals surface area contributed by atoms with E-state index >= 15 is 0 Å². The second kappa shape index (κ2) is 10.5. The molecule has 1 aromatic carbocycles. The zero-order chi connectivity index (χ0) is 19.2. The van der Waals surface area contributed by atoms with Crippen LogP contribution in [-0.2, 0) is 4.79 Å². The molecule has 28 heavy (non-hydrogen) atoms. The highest BCUT2D eigenvalue weighted by molar-refractivity contribution is 5.97. The number of methoxy groups -OCH3 is 2. The predicted octanol–water partition coefficient (Wildman–Crippen LogP) is 0.362. The van der Waals surface area contributed by atoms with E-state index in [4.69, 9.17) is 9.47 Å². The van der Waals surface area contributed by atoms with Gasteiger partial charge >= 0.3 is 0 Å². The lowest BCUT2D eigenvalue weighted by atomic mass is 10.2. The fourth-order valence-corrected chi connectivity index (χ4v) is 3.66. The van der Waals surface area contributed by atoms with Gasteiger partial charge in [0, 0.05) is 50.9 Å². The van der Waals surface area contributed by atoms with Gasteiger partial charge in [-0.15, -0.1) is 12.4 Å². The molecule has 2 amide bonds. The third-order valence-corrected chi connectivity index (χ3v) is 5.23. The number of benzene rings is 1. The number of halogens is 1. The van der Waals surface area contributed by atoms with Gasteiger partial charge in [0.2, 0.25) is 5.91 Å². The number of hydrogen-bond donors (Lipinski definition) is 2. The van der Waals surface area contributed by atoms with Crippen molar-refractivity contribution in [1.82, 2.24) is 20.4 Å². The summed E-state index contributed by atoms with van der Waals surface area (Å²) in [6.07, 6.45) is 0.995. The molecular formula is C19H29ClN4O4. The van der Waals surface area contributed by atoms with Crippen LogP contribution in [-0.4, -0.2) is 87.7 Å². The van der Waals surface area contributed by atoms with Crippen LogP contribution in [0.1, 0.15) is 16.8 Å². The lowest BCUT2D eigenvalue weighted by Gasteiger charge is -2.32. The van der Waals surface area contributed by atoms with Crippen molar-refractivity contribution >= 4 is 24.2 Å². The molecule has 3 rings (SSSR count). The lowest BCUT2D eigenvalue weighted by Crippen LogP contribution is -2.49. The van der Waals surface area contributed by atoms with Gasteiger partial charge in [0.05, 0.1) is 20.8 Å². The second-order valence-electron chi connectivity index (χ2n) is 6.82. The summed E-state index contributed by atoms with van der Waals surface area (Å²) in [7, 11) is 3.06. The standard InChI is InChI=1S/C19H28N4O4.ClH/c1-26-16-4-3-14(11-17(16)27-2)19(25)21-12-18(24)23-8-5-15(13-23)22-9-6-20-7-10-22;/h3-4,11,15,20H,5-10,12-13H2,1-2H3,(H,21,25);1H. The molecule has 1 aromatic rings. The number of nitrogens with one attached hydrogen (secondary N) is 2. The van der Waals surface area contributed by atoms with Gasteiger partial charge in [0.25, 0.3) is 5.91 Å². The first kappa shape index (κ1) is 22.3. The van der Waals surface area contributed by atoms with E-state index in [9.17, 15) is 9.59 Å². The SMILES string of the molecule is COc1ccc(C(=O)NCC(=O)N2CCC(N3CCNCC3)C2)cc1OC.Cl. The maximum Gasteiger partial charge on any atom is 0.251 e. The molecule has 0 radical (unpaired) electrons. The largest absolute Gasteiger partial charge is 0.493 e. The van der Waals surface area contributed by atoms with Gasteiger partial charge < -0.3 is 25.0 Å². The fraction of sp³-hybridized carbons (Fsp3) is 0.579. The summed E-state index contributed by atoms with van der Waals surface area (Å²) < 4.78 is 10.4. The van der Waals surface area contributed by atoms with E-state index in [0.717, 1.165) is 45.7 Å². The number of nitrogens with zero attached hydrogens (tertiary/aromatic N) is 2. The molecule has 0 aromatic heterocycles. The minimum atomic E-state index is -0.304. The Morgan fingerprint density at radius 2 is 1.86 bits per heavy atom. The third kappa shape index (κ3) is 5.27. The molecule has 2 aliphatic heterocycles. The first-order valence-electron chi connectivity index (χ1n) is 9.35. The summed E-state index contributed by atoms with van der Waals surface area (Å²) in [6.45, 7) is 5.56. The Morgan fingerprint density at radius 1 is 1.14 bits per heavy atom. The minimum absolute atomic E-state index is 0.